The molecule has 200 valence electrons. The first-order chi connectivity index (χ1) is 17.6. The van der Waals surface area contributed by atoms with Gasteiger partial charge >= 0.3 is 6.18 Å². The summed E-state index contributed by atoms with van der Waals surface area (Å²) in [5, 5.41) is 11.3. The third-order valence-electron chi connectivity index (χ3n) is 7.03. The summed E-state index contributed by atoms with van der Waals surface area (Å²) in [5.41, 5.74) is 5.50. The van der Waals surface area contributed by atoms with Crippen LogP contribution in [0.1, 0.15) is 35.2 Å². The second-order valence-electron chi connectivity index (χ2n) is 9.42. The van der Waals surface area contributed by atoms with Crippen molar-refractivity contribution in [2.45, 2.75) is 31.9 Å². The number of carbonyl (C=O) groups excluding carboxylic acids is 2. The monoisotopic (exact) mass is 557 g/mol. The molecule has 2 saturated heterocycles. The van der Waals surface area contributed by atoms with E-state index in [-0.39, 0.29) is 50.3 Å². The molecule has 2 aliphatic heterocycles. The van der Waals surface area contributed by atoms with Crippen LogP contribution in [-0.4, -0.2) is 65.8 Å². The number of nitrogens with zero attached hydrogens (tertiary/aromatic N) is 2. The second kappa shape index (κ2) is 11.6. The molecule has 2 aromatic carbocycles. The van der Waals surface area contributed by atoms with Gasteiger partial charge in [0.05, 0.1) is 12.5 Å². The lowest BCUT2D eigenvalue weighted by Gasteiger charge is -2.33. The molecule has 0 radical (unpaired) electrons. The van der Waals surface area contributed by atoms with E-state index in [0.29, 0.717) is 47.1 Å². The first-order valence-electron chi connectivity index (χ1n) is 12.2. The van der Waals surface area contributed by atoms with Crippen LogP contribution in [0, 0.1) is 11.8 Å². The highest BCUT2D eigenvalue weighted by Gasteiger charge is 2.41. The molecule has 2 aliphatic rings. The molecule has 2 amide bonds. The maximum absolute atomic E-state index is 12.9. The molecule has 0 spiro atoms. The van der Waals surface area contributed by atoms with Crippen molar-refractivity contribution in [1.82, 2.24) is 15.3 Å². The number of likely N-dealkylation sites (tertiary alicyclic amines) is 1. The Kier molecular flexibility index (Phi) is 8.68. The Morgan fingerprint density at radius 1 is 1.00 bits per heavy atom. The van der Waals surface area contributed by atoms with Crippen LogP contribution < -0.4 is 5.43 Å². The van der Waals surface area contributed by atoms with E-state index in [2.05, 4.69) is 5.43 Å². The normalized spacial score (nSPS) is 19.1. The van der Waals surface area contributed by atoms with Gasteiger partial charge in [-0.05, 0) is 66.6 Å². The number of rotatable bonds is 7. The van der Waals surface area contributed by atoms with Crippen LogP contribution in [0.2, 0.25) is 10.0 Å². The molecule has 4 rings (SSSR count). The fourth-order valence-electron chi connectivity index (χ4n) is 4.88. The Morgan fingerprint density at radius 2 is 1.62 bits per heavy atom. The maximum Gasteiger partial charge on any atom is 0.391 e. The molecule has 37 heavy (non-hydrogen) atoms. The van der Waals surface area contributed by atoms with Crippen LogP contribution in [0.5, 0.6) is 0 Å². The summed E-state index contributed by atoms with van der Waals surface area (Å²) in [7, 11) is 0. The summed E-state index contributed by atoms with van der Waals surface area (Å²) in [5.74, 6) is -1.97. The van der Waals surface area contributed by atoms with Gasteiger partial charge in [-0.3, -0.25) is 14.6 Å². The van der Waals surface area contributed by atoms with E-state index in [9.17, 15) is 22.8 Å². The average molecular weight is 558 g/mol. The van der Waals surface area contributed by atoms with Crippen LogP contribution in [0.25, 0.3) is 11.1 Å². The summed E-state index contributed by atoms with van der Waals surface area (Å²) < 4.78 is 38.7. The Morgan fingerprint density at radius 3 is 2.19 bits per heavy atom. The van der Waals surface area contributed by atoms with Crippen molar-refractivity contribution in [3.05, 3.63) is 57.6 Å². The molecule has 11 heteroatoms. The number of alkyl halides is 3. The molecule has 0 unspecified atom stereocenters. The molecule has 0 bridgehead atoms. The van der Waals surface area contributed by atoms with Crippen LogP contribution >= 0.6 is 23.2 Å². The minimum absolute atomic E-state index is 0.0625. The van der Waals surface area contributed by atoms with Crippen LogP contribution in [0.15, 0.2) is 36.4 Å². The minimum atomic E-state index is -4.22. The quantitative estimate of drug-likeness (QED) is 0.504. The third kappa shape index (κ3) is 6.39. The van der Waals surface area contributed by atoms with Gasteiger partial charge in [0, 0.05) is 47.7 Å². The van der Waals surface area contributed by atoms with Gasteiger partial charge in [0.25, 0.3) is 5.91 Å². The Bertz CT molecular complexity index is 1110. The van der Waals surface area contributed by atoms with Gasteiger partial charge in [0.15, 0.2) is 0 Å². The van der Waals surface area contributed by atoms with E-state index in [1.165, 1.54) is 9.91 Å². The molecular weight excluding hydrogens is 530 g/mol. The SMILES string of the molecule is O=C(c1ccc(-c2cc(Cl)c(C[C@@H]3CCN(NCCO)C3=O)c(Cl)c2)cc1)N1CCC(C(F)(F)F)CC1. The Balaban J connectivity index is 1.41. The molecule has 6 nitrogen and oxygen atoms in total. The number of hydrogen-bond acceptors (Lipinski definition) is 4. The number of halogens is 5. The summed E-state index contributed by atoms with van der Waals surface area (Å²) in [4.78, 5) is 26.8. The van der Waals surface area contributed by atoms with E-state index in [0.717, 1.165) is 11.1 Å². The first kappa shape index (κ1) is 27.7. The fourth-order valence-corrected chi connectivity index (χ4v) is 5.52. The number of aliphatic hydroxyl groups excluding tert-OH is 1. The number of nitrogens with one attached hydrogen (secondary N) is 1. The van der Waals surface area contributed by atoms with Gasteiger partial charge in [-0.15, -0.1) is 0 Å². The van der Waals surface area contributed by atoms with E-state index in [1.54, 1.807) is 36.4 Å². The molecule has 1 atom stereocenters. The van der Waals surface area contributed by atoms with Crippen molar-refractivity contribution in [2.75, 3.05) is 32.8 Å². The number of hydrogen-bond donors (Lipinski definition) is 2. The standard InChI is InChI=1S/C26H28Cl2F3N3O3/c27-22-14-19(15-23(28)21(22)13-18-5-11-34(25(18)37)32-8-12-35)16-1-3-17(4-2-16)24(36)33-9-6-20(7-10-33)26(29,30)31/h1-4,14-15,18,20,32,35H,5-13H2/t18-/m0/s1. The molecule has 0 aromatic heterocycles. The van der Waals surface area contributed by atoms with Gasteiger partial charge in [0.1, 0.15) is 0 Å². The largest absolute Gasteiger partial charge is 0.395 e. The smallest absolute Gasteiger partial charge is 0.391 e. The van der Waals surface area contributed by atoms with Crippen molar-refractivity contribution in [3.63, 3.8) is 0 Å². The lowest BCUT2D eigenvalue weighted by molar-refractivity contribution is -0.183. The van der Waals surface area contributed by atoms with Gasteiger partial charge in [-0.1, -0.05) is 35.3 Å². The average Bonchev–Trinajstić information content (AvgIpc) is 3.22. The van der Waals surface area contributed by atoms with Crippen molar-refractivity contribution in [3.8, 4) is 11.1 Å². The van der Waals surface area contributed by atoms with E-state index >= 15 is 0 Å². The molecule has 2 fully saturated rings. The minimum Gasteiger partial charge on any atom is -0.395 e. The zero-order valence-electron chi connectivity index (χ0n) is 20.0. The molecule has 2 N–H and O–H groups in total. The number of hydrazine groups is 1. The second-order valence-corrected chi connectivity index (χ2v) is 10.2. The number of carbonyl (C=O) groups is 2. The van der Waals surface area contributed by atoms with Crippen molar-refractivity contribution >= 4 is 35.0 Å². The summed E-state index contributed by atoms with van der Waals surface area (Å²) >= 11 is 13.1. The van der Waals surface area contributed by atoms with Crippen LogP contribution in [0.3, 0.4) is 0 Å². The number of aliphatic hydroxyl groups is 1. The van der Waals surface area contributed by atoms with Crippen molar-refractivity contribution < 1.29 is 27.9 Å². The Hall–Kier alpha value is -2.33. The summed E-state index contributed by atoms with van der Waals surface area (Å²) in [6.07, 6.45) is -3.35. The van der Waals surface area contributed by atoms with Crippen LogP contribution in [0.4, 0.5) is 13.2 Å². The molecule has 0 aliphatic carbocycles. The predicted molar refractivity (Wildman–Crippen MR) is 135 cm³/mol. The van der Waals surface area contributed by atoms with E-state index in [1.807, 2.05) is 0 Å². The summed E-state index contributed by atoms with van der Waals surface area (Å²) in [6, 6.07) is 10.3. The number of amides is 2. The number of benzene rings is 2. The summed E-state index contributed by atoms with van der Waals surface area (Å²) in [6.45, 7) is 0.938. The molecule has 2 aromatic rings. The molecular formula is C26H28Cl2F3N3O3. The molecule has 0 saturated carbocycles. The molecule has 2 heterocycles. The number of piperidine rings is 1. The van der Waals surface area contributed by atoms with E-state index in [4.69, 9.17) is 28.3 Å². The maximum atomic E-state index is 12.9. The van der Waals surface area contributed by atoms with Crippen molar-refractivity contribution in [2.24, 2.45) is 11.8 Å². The zero-order valence-corrected chi connectivity index (χ0v) is 21.5. The van der Waals surface area contributed by atoms with Gasteiger partial charge in [0.2, 0.25) is 5.91 Å². The van der Waals surface area contributed by atoms with Gasteiger partial charge in [-0.25, -0.2) is 5.43 Å². The lowest BCUT2D eigenvalue weighted by Crippen LogP contribution is -2.42. The highest BCUT2D eigenvalue weighted by Crippen LogP contribution is 2.36. The van der Waals surface area contributed by atoms with E-state index < -0.39 is 12.1 Å². The Labute approximate surface area is 223 Å². The predicted octanol–water partition coefficient (Wildman–Crippen LogP) is 4.96. The topological polar surface area (TPSA) is 72.9 Å². The third-order valence-corrected chi connectivity index (χ3v) is 7.71. The highest BCUT2D eigenvalue weighted by atomic mass is 35.5. The van der Waals surface area contributed by atoms with Gasteiger partial charge < -0.3 is 10.0 Å². The lowest BCUT2D eigenvalue weighted by atomic mass is 9.95. The zero-order chi connectivity index (χ0) is 26.7. The van der Waals surface area contributed by atoms with Gasteiger partial charge in [-0.2, -0.15) is 13.2 Å². The fraction of sp³-hybridized carbons (Fsp3) is 0.462. The highest BCUT2D eigenvalue weighted by molar-refractivity contribution is 6.36. The van der Waals surface area contributed by atoms with Crippen molar-refractivity contribution in [1.29, 1.82) is 0 Å². The van der Waals surface area contributed by atoms with Crippen LogP contribution in [-0.2, 0) is 11.2 Å². The first-order valence-corrected chi connectivity index (χ1v) is 12.9.